The van der Waals surface area contributed by atoms with Crippen molar-refractivity contribution in [2.45, 2.75) is 82.6 Å². The van der Waals surface area contributed by atoms with Gasteiger partial charge in [0.25, 0.3) is 0 Å². The number of fused-ring (bicyclic) bond motifs is 6. The Hall–Kier alpha value is -4.70. The Balaban J connectivity index is 0.963. The van der Waals surface area contributed by atoms with Crippen LogP contribution in [0.2, 0.25) is 0 Å². The van der Waals surface area contributed by atoms with Gasteiger partial charge in [0.1, 0.15) is 17.4 Å². The highest BCUT2D eigenvalue weighted by molar-refractivity contribution is 6.23. The zero-order chi connectivity index (χ0) is 34.3. The highest BCUT2D eigenvalue weighted by atomic mass is 16.5. The number of aromatic amines is 1. The molecule has 9 rings (SSSR count). The number of aromatic nitrogens is 2. The third-order valence-electron chi connectivity index (χ3n) is 12.0. The van der Waals surface area contributed by atoms with Gasteiger partial charge in [0.05, 0.1) is 48.2 Å². The summed E-state index contributed by atoms with van der Waals surface area (Å²) in [5.41, 5.74) is 6.90. The van der Waals surface area contributed by atoms with Crippen LogP contribution in [0.25, 0.3) is 33.2 Å². The van der Waals surface area contributed by atoms with Crippen molar-refractivity contribution < 1.29 is 14.3 Å². The van der Waals surface area contributed by atoms with Crippen molar-refractivity contribution in [2.24, 2.45) is 22.7 Å². The van der Waals surface area contributed by atoms with Crippen LogP contribution >= 0.6 is 0 Å². The van der Waals surface area contributed by atoms with Crippen LogP contribution in [0, 0.1) is 17.8 Å². The molecule has 3 aromatic carbocycles. The van der Waals surface area contributed by atoms with Gasteiger partial charge in [-0.25, -0.2) is 9.78 Å². The Morgan fingerprint density at radius 3 is 2.54 bits per heavy atom. The van der Waals surface area contributed by atoms with E-state index in [1.54, 1.807) is 0 Å². The van der Waals surface area contributed by atoms with Crippen molar-refractivity contribution in [3.05, 3.63) is 66.6 Å². The number of aliphatic imine (C=N–C) groups is 1. The van der Waals surface area contributed by atoms with Gasteiger partial charge in [0.15, 0.2) is 0 Å². The van der Waals surface area contributed by atoms with E-state index in [9.17, 15) is 9.59 Å². The standard InChI is InChI=1S/C40H45N7O3/c1-21(2)34(46-39(49)50-4)38(48)47-33-7-5-6-28(33)18-40(47)35-36(40)44-30-17-26(12-13-29(30)43-35)24-8-9-25-16-27(11-10-23(25)15-24)32-20-42-37(45-32)31-14-22(3)19-41-31/h8-13,15-17,20-22,28,31,33-34,36,41,44H,5-7,14,18-19H2,1-4H3,(H,42,45)(H,46,49)/t22-,28-,31-,33-,34-,36?,40-/m0/s1. The van der Waals surface area contributed by atoms with Gasteiger partial charge < -0.3 is 30.6 Å². The van der Waals surface area contributed by atoms with E-state index in [0.29, 0.717) is 17.9 Å². The van der Waals surface area contributed by atoms with Crippen molar-refractivity contribution in [1.29, 1.82) is 0 Å². The number of benzene rings is 3. The molecule has 3 aliphatic heterocycles. The number of amides is 2. The van der Waals surface area contributed by atoms with E-state index >= 15 is 0 Å². The maximum atomic E-state index is 14.3. The number of rotatable bonds is 6. The Bertz CT molecular complexity index is 2050. The predicted octanol–water partition coefficient (Wildman–Crippen LogP) is 6.97. The normalized spacial score (nSPS) is 28.2. The van der Waals surface area contributed by atoms with E-state index in [1.165, 1.54) is 17.9 Å². The third kappa shape index (κ3) is 4.93. The molecule has 2 saturated heterocycles. The van der Waals surface area contributed by atoms with Gasteiger partial charge in [-0.15, -0.1) is 0 Å². The number of carbonyl (C=O) groups is 2. The second-order valence-electron chi connectivity index (χ2n) is 15.5. The number of hydrogen-bond acceptors (Lipinski definition) is 7. The molecule has 0 radical (unpaired) electrons. The van der Waals surface area contributed by atoms with Gasteiger partial charge in [-0.2, -0.15) is 0 Å². The van der Waals surface area contributed by atoms with Crippen molar-refractivity contribution >= 4 is 39.9 Å². The lowest BCUT2D eigenvalue weighted by Crippen LogP contribution is -2.56. The quantitative estimate of drug-likeness (QED) is 0.176. The topological polar surface area (TPSA) is 124 Å². The van der Waals surface area contributed by atoms with Crippen molar-refractivity contribution in [3.8, 4) is 22.4 Å². The number of H-pyrrole nitrogens is 1. The third-order valence-corrected chi connectivity index (χ3v) is 12.0. The van der Waals surface area contributed by atoms with E-state index < -0.39 is 17.7 Å². The van der Waals surface area contributed by atoms with E-state index in [1.807, 2.05) is 20.0 Å². The van der Waals surface area contributed by atoms with Gasteiger partial charge in [-0.05, 0) is 96.1 Å². The first-order chi connectivity index (χ1) is 24.2. The summed E-state index contributed by atoms with van der Waals surface area (Å²) >= 11 is 0. The first kappa shape index (κ1) is 31.3. The molecule has 4 heterocycles. The highest BCUT2D eigenvalue weighted by Gasteiger charge is 2.74. The molecule has 7 atom stereocenters. The van der Waals surface area contributed by atoms with E-state index in [2.05, 4.69) is 87.4 Å². The summed E-state index contributed by atoms with van der Waals surface area (Å²) in [6.07, 6.45) is 6.61. The van der Waals surface area contributed by atoms with Crippen LogP contribution in [0.15, 0.2) is 65.8 Å². The summed E-state index contributed by atoms with van der Waals surface area (Å²) in [5.74, 6) is 2.01. The molecule has 1 spiro atoms. The fraction of sp³-hybridized carbons (Fsp3) is 0.450. The fourth-order valence-corrected chi connectivity index (χ4v) is 9.37. The molecule has 258 valence electrons. The molecule has 4 fully saturated rings. The summed E-state index contributed by atoms with van der Waals surface area (Å²) < 4.78 is 4.89. The van der Waals surface area contributed by atoms with Crippen LogP contribution < -0.4 is 16.0 Å². The summed E-state index contributed by atoms with van der Waals surface area (Å²) in [6, 6.07) is 19.4. The van der Waals surface area contributed by atoms with Crippen LogP contribution in [0.1, 0.15) is 64.7 Å². The lowest BCUT2D eigenvalue weighted by Gasteiger charge is -2.34. The first-order valence-electron chi connectivity index (χ1n) is 18.2. The van der Waals surface area contributed by atoms with Gasteiger partial charge in [-0.1, -0.05) is 57.5 Å². The molecule has 4 N–H and O–H groups in total. The summed E-state index contributed by atoms with van der Waals surface area (Å²) in [4.78, 5) is 42.1. The second-order valence-corrected chi connectivity index (χ2v) is 15.5. The van der Waals surface area contributed by atoms with Gasteiger partial charge in [0.2, 0.25) is 5.91 Å². The number of carbonyl (C=O) groups excluding carboxylic acids is 2. The van der Waals surface area contributed by atoms with E-state index in [-0.39, 0.29) is 23.9 Å². The Morgan fingerprint density at radius 1 is 1.02 bits per heavy atom. The number of nitrogens with one attached hydrogen (secondary N) is 4. The van der Waals surface area contributed by atoms with Crippen LogP contribution in [0.3, 0.4) is 0 Å². The SMILES string of the molecule is COC(=O)N[C@H](C(=O)N1[C@H]2CCC[C@H]2C[C@@]12C1=Nc3ccc(-c4ccc5cc(-c6cnc([C@@H]7C[C@H](C)CN7)[nH]6)ccc5c4)cc3NC12)C(C)C. The van der Waals surface area contributed by atoms with Crippen molar-refractivity contribution in [2.75, 3.05) is 19.0 Å². The number of hydrogen-bond donors (Lipinski definition) is 4. The highest BCUT2D eigenvalue weighted by Crippen LogP contribution is 2.60. The number of nitrogens with zero attached hydrogens (tertiary/aromatic N) is 3. The molecule has 2 saturated carbocycles. The maximum Gasteiger partial charge on any atom is 0.407 e. The average Bonchev–Trinajstić information content (AvgIpc) is 3.73. The molecule has 50 heavy (non-hydrogen) atoms. The summed E-state index contributed by atoms with van der Waals surface area (Å²) in [5, 5.41) is 12.6. The zero-order valence-corrected chi connectivity index (χ0v) is 29.1. The number of methoxy groups -OCH3 is 1. The Kier molecular flexibility index (Phi) is 7.31. The summed E-state index contributed by atoms with van der Waals surface area (Å²) in [7, 11) is 1.33. The minimum Gasteiger partial charge on any atom is -0.453 e. The van der Waals surface area contributed by atoms with Gasteiger partial charge in [-0.3, -0.25) is 9.79 Å². The molecule has 2 aliphatic carbocycles. The smallest absolute Gasteiger partial charge is 0.407 e. The minimum atomic E-state index is -0.657. The minimum absolute atomic E-state index is 0.0309. The molecule has 10 heteroatoms. The number of likely N-dealkylation sites (tertiary alicyclic amines) is 1. The number of ether oxygens (including phenoxy) is 1. The van der Waals surface area contributed by atoms with Crippen LogP contribution in [-0.4, -0.2) is 69.9 Å². The predicted molar refractivity (Wildman–Crippen MR) is 195 cm³/mol. The maximum absolute atomic E-state index is 14.3. The molecule has 2 amide bonds. The molecule has 1 aromatic heterocycles. The molecule has 0 bridgehead atoms. The second kappa shape index (κ2) is 11.7. The fourth-order valence-electron chi connectivity index (χ4n) is 9.37. The molecule has 1 unspecified atom stereocenters. The van der Waals surface area contributed by atoms with Gasteiger partial charge in [0, 0.05) is 11.6 Å². The average molecular weight is 672 g/mol. The van der Waals surface area contributed by atoms with E-state index in [4.69, 9.17) is 14.7 Å². The number of imidazole rings is 1. The first-order valence-corrected chi connectivity index (χ1v) is 18.2. The molecule has 10 nitrogen and oxygen atoms in total. The Morgan fingerprint density at radius 2 is 1.78 bits per heavy atom. The lowest BCUT2D eigenvalue weighted by molar-refractivity contribution is -0.137. The lowest BCUT2D eigenvalue weighted by atomic mass is 9.98. The molecular formula is C40H45N7O3. The van der Waals surface area contributed by atoms with Crippen molar-refractivity contribution in [3.63, 3.8) is 0 Å². The number of alkyl carbamates (subject to hydrolysis) is 1. The molecular weight excluding hydrogens is 626 g/mol. The zero-order valence-electron chi connectivity index (χ0n) is 29.1. The number of anilines is 1. The van der Waals surface area contributed by atoms with Gasteiger partial charge >= 0.3 is 6.09 Å². The van der Waals surface area contributed by atoms with Crippen LogP contribution in [0.5, 0.6) is 0 Å². The molecule has 4 aromatic rings. The summed E-state index contributed by atoms with van der Waals surface area (Å²) in [6.45, 7) is 7.24. The van der Waals surface area contributed by atoms with Crippen molar-refractivity contribution in [1.82, 2.24) is 25.5 Å². The molecule has 5 aliphatic rings. The van der Waals surface area contributed by atoms with E-state index in [0.717, 1.165) is 83.9 Å². The largest absolute Gasteiger partial charge is 0.453 e. The van der Waals surface area contributed by atoms with Crippen LogP contribution in [0.4, 0.5) is 16.2 Å². The Labute approximate surface area is 292 Å². The monoisotopic (exact) mass is 671 g/mol. The van der Waals surface area contributed by atoms with Crippen LogP contribution in [-0.2, 0) is 9.53 Å².